The maximum Gasteiger partial charge on any atom is 0.185 e. The lowest BCUT2D eigenvalue weighted by molar-refractivity contribution is 0.0999. The zero-order valence-corrected chi connectivity index (χ0v) is 12.2. The second-order valence-electron chi connectivity index (χ2n) is 4.96. The molecule has 0 aliphatic heterocycles. The fourth-order valence-corrected chi connectivity index (χ4v) is 2.21. The summed E-state index contributed by atoms with van der Waals surface area (Å²) in [5, 5.41) is 16.4. The summed E-state index contributed by atoms with van der Waals surface area (Å²) >= 11 is 0. The molecule has 0 aliphatic rings. The van der Waals surface area contributed by atoms with Crippen molar-refractivity contribution in [3.8, 4) is 11.3 Å². The third-order valence-electron chi connectivity index (χ3n) is 3.41. The molecule has 3 rings (SSSR count). The van der Waals surface area contributed by atoms with Crippen molar-refractivity contribution >= 4 is 11.5 Å². The smallest absolute Gasteiger partial charge is 0.185 e. The van der Waals surface area contributed by atoms with Crippen LogP contribution in [0.1, 0.15) is 22.5 Å². The number of aromatic nitrogens is 1. The highest BCUT2D eigenvalue weighted by Gasteiger charge is 2.17. The lowest BCUT2D eigenvalue weighted by Crippen LogP contribution is -2.09. The third kappa shape index (κ3) is 3.35. The van der Waals surface area contributed by atoms with Crippen molar-refractivity contribution in [2.75, 3.05) is 0 Å². The number of ketones is 1. The normalized spacial score (nSPS) is 11.4. The molecule has 0 saturated carbocycles. The zero-order valence-electron chi connectivity index (χ0n) is 12.2. The SMILES string of the molecule is O=C(C/C(=N/O)c1cc(-c2ccccc2)no1)c1ccccc1. The molecule has 3 aromatic rings. The number of benzene rings is 2. The molecule has 0 atom stereocenters. The van der Waals surface area contributed by atoms with E-state index in [1.165, 1.54) is 0 Å². The van der Waals surface area contributed by atoms with Gasteiger partial charge in [-0.05, 0) is 0 Å². The van der Waals surface area contributed by atoms with E-state index in [-0.39, 0.29) is 23.7 Å². The van der Waals surface area contributed by atoms with Crippen molar-refractivity contribution < 1.29 is 14.5 Å². The number of rotatable bonds is 5. The highest BCUT2D eigenvalue weighted by Crippen LogP contribution is 2.20. The number of hydrogen-bond donors (Lipinski definition) is 1. The lowest BCUT2D eigenvalue weighted by atomic mass is 10.0. The molecule has 2 aromatic carbocycles. The Bertz CT molecular complexity index is 824. The van der Waals surface area contributed by atoms with Gasteiger partial charge in [0, 0.05) is 17.2 Å². The van der Waals surface area contributed by atoms with Gasteiger partial charge in [-0.25, -0.2) is 0 Å². The van der Waals surface area contributed by atoms with Gasteiger partial charge in [0.25, 0.3) is 0 Å². The summed E-state index contributed by atoms with van der Waals surface area (Å²) in [6.07, 6.45) is -0.0655. The molecule has 114 valence electrons. The summed E-state index contributed by atoms with van der Waals surface area (Å²) in [7, 11) is 0. The van der Waals surface area contributed by atoms with Crippen molar-refractivity contribution in [2.24, 2.45) is 5.16 Å². The molecule has 23 heavy (non-hydrogen) atoms. The van der Waals surface area contributed by atoms with Gasteiger partial charge in [0.1, 0.15) is 11.4 Å². The number of hydrogen-bond acceptors (Lipinski definition) is 5. The molecular weight excluding hydrogens is 292 g/mol. The number of nitrogens with zero attached hydrogens (tertiary/aromatic N) is 2. The van der Waals surface area contributed by atoms with Crippen LogP contribution in [-0.4, -0.2) is 21.9 Å². The van der Waals surface area contributed by atoms with Crippen LogP contribution in [0.2, 0.25) is 0 Å². The van der Waals surface area contributed by atoms with Crippen LogP contribution < -0.4 is 0 Å². The number of oxime groups is 1. The first kappa shape index (κ1) is 14.7. The Morgan fingerprint density at radius 1 is 1.04 bits per heavy atom. The summed E-state index contributed by atoms with van der Waals surface area (Å²) in [6, 6.07) is 20.0. The van der Waals surface area contributed by atoms with Gasteiger partial charge in [-0.2, -0.15) is 0 Å². The summed E-state index contributed by atoms with van der Waals surface area (Å²) in [5.41, 5.74) is 2.20. The molecule has 0 fully saturated rings. The maximum absolute atomic E-state index is 12.2. The van der Waals surface area contributed by atoms with Crippen LogP contribution in [0.3, 0.4) is 0 Å². The van der Waals surface area contributed by atoms with E-state index < -0.39 is 0 Å². The lowest BCUT2D eigenvalue weighted by Gasteiger charge is -2.00. The predicted molar refractivity (Wildman–Crippen MR) is 85.7 cm³/mol. The summed E-state index contributed by atoms with van der Waals surface area (Å²) < 4.78 is 5.22. The van der Waals surface area contributed by atoms with E-state index in [0.717, 1.165) is 5.56 Å². The van der Waals surface area contributed by atoms with Crippen molar-refractivity contribution in [3.05, 3.63) is 78.1 Å². The van der Waals surface area contributed by atoms with Crippen LogP contribution in [-0.2, 0) is 0 Å². The number of carbonyl (C=O) groups is 1. The van der Waals surface area contributed by atoms with Gasteiger partial charge in [0.15, 0.2) is 11.5 Å². The number of Topliss-reactive ketones (excluding diaryl/α,β-unsaturated/α-hetero) is 1. The molecule has 0 aliphatic carbocycles. The summed E-state index contributed by atoms with van der Waals surface area (Å²) in [4.78, 5) is 12.2. The fourth-order valence-electron chi connectivity index (χ4n) is 2.21. The van der Waals surface area contributed by atoms with E-state index in [9.17, 15) is 10.0 Å². The Kier molecular flexibility index (Phi) is 4.29. The first-order valence-corrected chi connectivity index (χ1v) is 7.09. The van der Waals surface area contributed by atoms with E-state index in [1.807, 2.05) is 36.4 Å². The van der Waals surface area contributed by atoms with Crippen LogP contribution in [0.25, 0.3) is 11.3 Å². The first-order chi connectivity index (χ1) is 11.3. The van der Waals surface area contributed by atoms with Crippen LogP contribution >= 0.6 is 0 Å². The standard InChI is InChI=1S/C18H14N2O3/c21-17(14-9-5-2-6-10-14)11-16(19-22)18-12-15(20-23-18)13-7-3-1-4-8-13/h1-10,12,22H,11H2/b19-16-. The van der Waals surface area contributed by atoms with Crippen molar-refractivity contribution in [3.63, 3.8) is 0 Å². The minimum Gasteiger partial charge on any atom is -0.411 e. The Hall–Kier alpha value is -3.21. The molecule has 0 bridgehead atoms. The highest BCUT2D eigenvalue weighted by atomic mass is 16.5. The molecule has 0 saturated heterocycles. The first-order valence-electron chi connectivity index (χ1n) is 7.09. The Balaban J connectivity index is 1.80. The fraction of sp³-hybridized carbons (Fsp3) is 0.0556. The number of carbonyl (C=O) groups excluding carboxylic acids is 1. The molecule has 1 aromatic heterocycles. The minimum absolute atomic E-state index is 0.0655. The second-order valence-corrected chi connectivity index (χ2v) is 4.96. The Labute approximate surface area is 132 Å². The predicted octanol–water partition coefficient (Wildman–Crippen LogP) is 3.79. The second kappa shape index (κ2) is 6.70. The molecule has 0 unspecified atom stereocenters. The third-order valence-corrected chi connectivity index (χ3v) is 3.41. The Morgan fingerprint density at radius 3 is 2.35 bits per heavy atom. The van der Waals surface area contributed by atoms with Crippen LogP contribution in [0.15, 0.2) is 76.4 Å². The average molecular weight is 306 g/mol. The quantitative estimate of drug-likeness (QED) is 0.337. The topological polar surface area (TPSA) is 75.7 Å². The van der Waals surface area contributed by atoms with Crippen molar-refractivity contribution in [2.45, 2.75) is 6.42 Å². The largest absolute Gasteiger partial charge is 0.411 e. The summed E-state index contributed by atoms with van der Waals surface area (Å²) in [5.74, 6) is 0.117. The van der Waals surface area contributed by atoms with Gasteiger partial charge in [-0.15, -0.1) is 0 Å². The van der Waals surface area contributed by atoms with Crippen molar-refractivity contribution in [1.82, 2.24) is 5.16 Å². The molecule has 5 heteroatoms. The van der Waals surface area contributed by atoms with Crippen molar-refractivity contribution in [1.29, 1.82) is 0 Å². The van der Waals surface area contributed by atoms with Crippen LogP contribution in [0.5, 0.6) is 0 Å². The van der Waals surface area contributed by atoms with E-state index >= 15 is 0 Å². The molecule has 0 radical (unpaired) electrons. The van der Waals surface area contributed by atoms with Crippen LogP contribution in [0, 0.1) is 0 Å². The molecule has 5 nitrogen and oxygen atoms in total. The minimum atomic E-state index is -0.156. The van der Waals surface area contributed by atoms with Crippen LogP contribution in [0.4, 0.5) is 0 Å². The molecule has 1 N–H and O–H groups in total. The molecule has 0 spiro atoms. The zero-order chi connectivity index (χ0) is 16.1. The van der Waals surface area contributed by atoms with E-state index in [4.69, 9.17) is 4.52 Å². The van der Waals surface area contributed by atoms with Gasteiger partial charge < -0.3 is 9.73 Å². The average Bonchev–Trinajstić information content (AvgIpc) is 3.11. The van der Waals surface area contributed by atoms with Gasteiger partial charge in [-0.3, -0.25) is 4.79 Å². The van der Waals surface area contributed by atoms with Gasteiger partial charge in [0.05, 0.1) is 6.42 Å². The van der Waals surface area contributed by atoms with Gasteiger partial charge >= 0.3 is 0 Å². The van der Waals surface area contributed by atoms with E-state index in [1.54, 1.807) is 30.3 Å². The Morgan fingerprint density at radius 2 is 1.70 bits per heavy atom. The van der Waals surface area contributed by atoms with Gasteiger partial charge in [0.2, 0.25) is 0 Å². The molecular formula is C18H14N2O3. The molecule has 1 heterocycles. The van der Waals surface area contributed by atoms with E-state index in [2.05, 4.69) is 10.3 Å². The highest BCUT2D eigenvalue weighted by molar-refractivity contribution is 6.14. The van der Waals surface area contributed by atoms with E-state index in [0.29, 0.717) is 11.3 Å². The summed E-state index contributed by atoms with van der Waals surface area (Å²) in [6.45, 7) is 0. The molecule has 0 amide bonds. The monoisotopic (exact) mass is 306 g/mol. The maximum atomic E-state index is 12.2. The van der Waals surface area contributed by atoms with Gasteiger partial charge in [-0.1, -0.05) is 71.0 Å².